The van der Waals surface area contributed by atoms with E-state index < -0.39 is 0 Å². The first-order chi connectivity index (χ1) is 8.65. The molecule has 18 heavy (non-hydrogen) atoms. The second kappa shape index (κ2) is 6.30. The van der Waals surface area contributed by atoms with Gasteiger partial charge in [-0.25, -0.2) is 4.39 Å². The van der Waals surface area contributed by atoms with Gasteiger partial charge in [0, 0.05) is 12.6 Å². The minimum absolute atomic E-state index is 0.0652. The molecule has 1 atom stereocenters. The van der Waals surface area contributed by atoms with E-state index >= 15 is 0 Å². The van der Waals surface area contributed by atoms with E-state index in [1.54, 1.807) is 6.07 Å². The van der Waals surface area contributed by atoms with E-state index in [0.29, 0.717) is 0 Å². The minimum atomic E-state index is -0.203. The average molecular weight is 250 g/mol. The van der Waals surface area contributed by atoms with E-state index in [1.165, 1.54) is 37.9 Å². The Bertz CT molecular complexity index is 377. The lowest BCUT2D eigenvalue weighted by Gasteiger charge is -2.30. The molecule has 0 aliphatic heterocycles. The first kappa shape index (κ1) is 13.5. The fourth-order valence-electron chi connectivity index (χ4n) is 2.47. The number of benzene rings is 1. The third-order valence-electron chi connectivity index (χ3n) is 3.89. The van der Waals surface area contributed by atoms with Gasteiger partial charge < -0.3 is 10.6 Å². The van der Waals surface area contributed by atoms with Crippen LogP contribution < -0.4 is 5.73 Å². The molecular formula is C15H23FN2. The molecule has 0 aromatic heterocycles. The zero-order valence-electron chi connectivity index (χ0n) is 11.1. The van der Waals surface area contributed by atoms with E-state index in [-0.39, 0.29) is 11.9 Å². The summed E-state index contributed by atoms with van der Waals surface area (Å²) in [7, 11) is 2.15. The van der Waals surface area contributed by atoms with Gasteiger partial charge in [-0.15, -0.1) is 0 Å². The number of nitrogens with zero attached hydrogens (tertiary/aromatic N) is 1. The van der Waals surface area contributed by atoms with E-state index in [2.05, 4.69) is 11.9 Å². The van der Waals surface area contributed by atoms with E-state index in [9.17, 15) is 4.39 Å². The second-order valence-corrected chi connectivity index (χ2v) is 5.51. The van der Waals surface area contributed by atoms with Gasteiger partial charge in [-0.2, -0.15) is 0 Å². The Morgan fingerprint density at radius 1 is 1.44 bits per heavy atom. The molecule has 1 aromatic rings. The maximum absolute atomic E-state index is 13.1. The zero-order chi connectivity index (χ0) is 13.0. The third-order valence-corrected chi connectivity index (χ3v) is 3.89. The molecule has 1 unspecified atom stereocenters. The Morgan fingerprint density at radius 2 is 2.22 bits per heavy atom. The minimum Gasteiger partial charge on any atom is -0.324 e. The van der Waals surface area contributed by atoms with Crippen LogP contribution in [0.15, 0.2) is 24.3 Å². The zero-order valence-corrected chi connectivity index (χ0v) is 11.1. The molecule has 0 saturated heterocycles. The highest BCUT2D eigenvalue weighted by atomic mass is 19.1. The third kappa shape index (κ3) is 3.79. The summed E-state index contributed by atoms with van der Waals surface area (Å²) in [6.45, 7) is 2.16. The van der Waals surface area contributed by atoms with Crippen molar-refractivity contribution in [1.82, 2.24) is 4.90 Å². The maximum Gasteiger partial charge on any atom is 0.123 e. The van der Waals surface area contributed by atoms with Gasteiger partial charge in [-0.05, 0) is 56.5 Å². The molecule has 0 spiro atoms. The lowest BCUT2D eigenvalue weighted by Crippen LogP contribution is -2.31. The smallest absolute Gasteiger partial charge is 0.123 e. The summed E-state index contributed by atoms with van der Waals surface area (Å²) in [6, 6.07) is 6.56. The molecule has 2 rings (SSSR count). The van der Waals surface area contributed by atoms with Crippen molar-refractivity contribution >= 4 is 0 Å². The highest BCUT2D eigenvalue weighted by molar-refractivity contribution is 5.19. The lowest BCUT2D eigenvalue weighted by atomic mass is 9.85. The van der Waals surface area contributed by atoms with Crippen LogP contribution in [0.2, 0.25) is 0 Å². The normalized spacial score (nSPS) is 17.8. The molecule has 1 fully saturated rings. The van der Waals surface area contributed by atoms with E-state index in [0.717, 1.165) is 24.4 Å². The Kier molecular flexibility index (Phi) is 4.72. The maximum atomic E-state index is 13.1. The first-order valence-corrected chi connectivity index (χ1v) is 6.85. The van der Waals surface area contributed by atoms with Crippen LogP contribution >= 0.6 is 0 Å². The van der Waals surface area contributed by atoms with Crippen molar-refractivity contribution in [2.75, 3.05) is 20.1 Å². The first-order valence-electron chi connectivity index (χ1n) is 6.85. The van der Waals surface area contributed by atoms with Gasteiger partial charge in [-0.1, -0.05) is 18.6 Å². The van der Waals surface area contributed by atoms with Crippen molar-refractivity contribution < 1.29 is 4.39 Å². The van der Waals surface area contributed by atoms with Crippen LogP contribution in [0.3, 0.4) is 0 Å². The SMILES string of the molecule is CN(CCC(N)c1cccc(F)c1)CC1CCC1. The van der Waals surface area contributed by atoms with Gasteiger partial charge in [-0.3, -0.25) is 0 Å². The largest absolute Gasteiger partial charge is 0.324 e. The fourth-order valence-corrected chi connectivity index (χ4v) is 2.47. The summed E-state index contributed by atoms with van der Waals surface area (Å²) < 4.78 is 13.1. The molecule has 1 saturated carbocycles. The Balaban J connectivity index is 1.75. The molecule has 1 aliphatic carbocycles. The van der Waals surface area contributed by atoms with Gasteiger partial charge in [0.25, 0.3) is 0 Å². The van der Waals surface area contributed by atoms with E-state index in [4.69, 9.17) is 5.73 Å². The summed E-state index contributed by atoms with van der Waals surface area (Å²) in [4.78, 5) is 2.35. The monoisotopic (exact) mass is 250 g/mol. The number of halogens is 1. The molecule has 2 N–H and O–H groups in total. The molecular weight excluding hydrogens is 227 g/mol. The number of nitrogens with two attached hydrogens (primary N) is 1. The molecule has 1 aliphatic rings. The quantitative estimate of drug-likeness (QED) is 0.841. The molecule has 100 valence electrons. The number of hydrogen-bond acceptors (Lipinski definition) is 2. The van der Waals surface area contributed by atoms with Crippen LogP contribution in [0.5, 0.6) is 0 Å². The summed E-state index contributed by atoms with van der Waals surface area (Å²) in [5.41, 5.74) is 6.99. The van der Waals surface area contributed by atoms with Gasteiger partial charge in [0.1, 0.15) is 5.82 Å². The van der Waals surface area contributed by atoms with Crippen molar-refractivity contribution in [2.45, 2.75) is 31.7 Å². The van der Waals surface area contributed by atoms with Gasteiger partial charge in [0.05, 0.1) is 0 Å². The highest BCUT2D eigenvalue weighted by Crippen LogP contribution is 2.27. The van der Waals surface area contributed by atoms with Crippen molar-refractivity contribution in [2.24, 2.45) is 11.7 Å². The summed E-state index contributed by atoms with van der Waals surface area (Å²) in [5, 5.41) is 0. The molecule has 3 heteroatoms. The molecule has 0 amide bonds. The van der Waals surface area contributed by atoms with Gasteiger partial charge in [0.2, 0.25) is 0 Å². The average Bonchev–Trinajstić information content (AvgIpc) is 2.31. The number of rotatable bonds is 6. The fraction of sp³-hybridized carbons (Fsp3) is 0.600. The molecule has 0 bridgehead atoms. The standard InChI is InChI=1S/C15H23FN2/c1-18(11-12-4-2-5-12)9-8-15(17)13-6-3-7-14(16)10-13/h3,6-7,10,12,15H,2,4-5,8-9,11,17H2,1H3. The van der Waals surface area contributed by atoms with Crippen LogP contribution in [0.1, 0.15) is 37.3 Å². The van der Waals surface area contributed by atoms with Crippen LogP contribution in [0.4, 0.5) is 4.39 Å². The van der Waals surface area contributed by atoms with Crippen molar-refractivity contribution in [3.63, 3.8) is 0 Å². The Morgan fingerprint density at radius 3 is 2.83 bits per heavy atom. The topological polar surface area (TPSA) is 29.3 Å². The summed E-state index contributed by atoms with van der Waals surface area (Å²) in [5.74, 6) is 0.686. The molecule has 1 aromatic carbocycles. The summed E-state index contributed by atoms with van der Waals surface area (Å²) >= 11 is 0. The summed E-state index contributed by atoms with van der Waals surface area (Å²) in [6.07, 6.45) is 5.02. The molecule has 0 radical (unpaired) electrons. The van der Waals surface area contributed by atoms with Gasteiger partial charge >= 0.3 is 0 Å². The lowest BCUT2D eigenvalue weighted by molar-refractivity contribution is 0.201. The second-order valence-electron chi connectivity index (χ2n) is 5.51. The highest BCUT2D eigenvalue weighted by Gasteiger charge is 2.19. The molecule has 2 nitrogen and oxygen atoms in total. The van der Waals surface area contributed by atoms with Crippen LogP contribution in [0.25, 0.3) is 0 Å². The van der Waals surface area contributed by atoms with E-state index in [1.807, 2.05) is 6.07 Å². The predicted molar refractivity (Wildman–Crippen MR) is 72.8 cm³/mol. The Hall–Kier alpha value is -0.930. The van der Waals surface area contributed by atoms with Crippen LogP contribution in [0, 0.1) is 11.7 Å². The van der Waals surface area contributed by atoms with Crippen molar-refractivity contribution in [1.29, 1.82) is 0 Å². The van der Waals surface area contributed by atoms with Gasteiger partial charge in [0.15, 0.2) is 0 Å². The van der Waals surface area contributed by atoms with Crippen molar-refractivity contribution in [3.8, 4) is 0 Å². The molecule has 0 heterocycles. The Labute approximate surface area is 109 Å². The predicted octanol–water partition coefficient (Wildman–Crippen LogP) is 2.95. The van der Waals surface area contributed by atoms with Crippen LogP contribution in [-0.4, -0.2) is 25.0 Å². The van der Waals surface area contributed by atoms with Crippen molar-refractivity contribution in [3.05, 3.63) is 35.6 Å². The number of hydrogen-bond donors (Lipinski definition) is 1. The van der Waals surface area contributed by atoms with Crippen LogP contribution in [-0.2, 0) is 0 Å².